The van der Waals surface area contributed by atoms with Gasteiger partial charge < -0.3 is 0 Å². The third-order valence-electron chi connectivity index (χ3n) is 7.29. The fraction of sp³-hybridized carbons (Fsp3) is 0.481. The molecule has 0 aliphatic rings. The maximum absolute atomic E-state index is 15.1. The molecule has 234 valence electrons. The van der Waals surface area contributed by atoms with Crippen molar-refractivity contribution in [2.75, 3.05) is 0 Å². The zero-order valence-electron chi connectivity index (χ0n) is 22.3. The van der Waals surface area contributed by atoms with Gasteiger partial charge in [0, 0.05) is 11.1 Å². The predicted octanol–water partition coefficient (Wildman–Crippen LogP) is 10.1. The van der Waals surface area contributed by atoms with E-state index in [0.29, 0.717) is 11.1 Å². The van der Waals surface area contributed by atoms with Gasteiger partial charge in [0.25, 0.3) is 0 Å². The minimum absolute atomic E-state index is 0.0825. The van der Waals surface area contributed by atoms with Crippen molar-refractivity contribution >= 4 is 13.4 Å². The van der Waals surface area contributed by atoms with E-state index >= 15 is 8.78 Å². The van der Waals surface area contributed by atoms with E-state index in [1.807, 2.05) is 0 Å². The van der Waals surface area contributed by atoms with Crippen molar-refractivity contribution in [3.8, 4) is 0 Å². The highest BCUT2D eigenvalue weighted by molar-refractivity contribution is 6.42. The van der Waals surface area contributed by atoms with Gasteiger partial charge in [0.2, 0.25) is 0 Å². The lowest BCUT2D eigenvalue weighted by Crippen LogP contribution is -2.52. The second kappa shape index (κ2) is 11.4. The highest BCUT2D eigenvalue weighted by atomic mass is 19.4. The van der Waals surface area contributed by atoms with Crippen LogP contribution in [0.2, 0.25) is 0 Å². The summed E-state index contributed by atoms with van der Waals surface area (Å²) >= 11 is 0. The van der Waals surface area contributed by atoms with Gasteiger partial charge in [-0.25, -0.2) is 8.78 Å². The highest BCUT2D eigenvalue weighted by Crippen LogP contribution is 2.57. The van der Waals surface area contributed by atoms with Crippen LogP contribution in [-0.2, 0) is 16.7 Å². The van der Waals surface area contributed by atoms with Gasteiger partial charge in [-0.2, -0.15) is 52.7 Å². The molecular formula is C27H25BF14. The summed E-state index contributed by atoms with van der Waals surface area (Å²) in [6, 6.07) is 5.24. The third-order valence-corrected chi connectivity index (χ3v) is 7.29. The van der Waals surface area contributed by atoms with Gasteiger partial charge in [-0.1, -0.05) is 88.2 Å². The van der Waals surface area contributed by atoms with Gasteiger partial charge in [-0.05, 0) is 28.3 Å². The molecule has 0 bridgehead atoms. The summed E-state index contributed by atoms with van der Waals surface area (Å²) in [5.41, 5.74) is -17.9. The number of benzene rings is 2. The molecule has 0 aliphatic heterocycles. The van der Waals surface area contributed by atoms with E-state index in [0.717, 1.165) is 0 Å². The Morgan fingerprint density at radius 2 is 1.02 bits per heavy atom. The number of hydrogen-bond acceptors (Lipinski definition) is 0. The molecule has 2 unspecified atom stereocenters. The molecule has 0 spiro atoms. The van der Waals surface area contributed by atoms with Crippen molar-refractivity contribution in [3.05, 3.63) is 76.9 Å². The minimum atomic E-state index is -6.89. The van der Waals surface area contributed by atoms with Gasteiger partial charge in [-0.3, -0.25) is 0 Å². The molecule has 0 fully saturated rings. The average Bonchev–Trinajstić information content (AvgIpc) is 2.84. The van der Waals surface area contributed by atoms with E-state index in [1.54, 1.807) is 31.2 Å². The van der Waals surface area contributed by atoms with Crippen LogP contribution >= 0.6 is 0 Å². The zero-order valence-corrected chi connectivity index (χ0v) is 22.3. The van der Waals surface area contributed by atoms with Crippen LogP contribution in [0.3, 0.4) is 0 Å². The van der Waals surface area contributed by atoms with E-state index in [9.17, 15) is 52.7 Å². The maximum atomic E-state index is 15.1. The molecule has 2 atom stereocenters. The fourth-order valence-corrected chi connectivity index (χ4v) is 5.02. The molecular weight excluding hydrogens is 601 g/mol. The van der Waals surface area contributed by atoms with E-state index in [2.05, 4.69) is 6.58 Å². The summed E-state index contributed by atoms with van der Waals surface area (Å²) in [6.07, 6.45) is -26.2. The third kappa shape index (κ3) is 6.29. The summed E-state index contributed by atoms with van der Waals surface area (Å²) < 4.78 is 194. The molecule has 2 aromatic rings. The molecule has 2 rings (SSSR count). The van der Waals surface area contributed by atoms with Gasteiger partial charge >= 0.3 is 36.0 Å². The Kier molecular flexibility index (Phi) is 9.63. The summed E-state index contributed by atoms with van der Waals surface area (Å²) in [4.78, 5) is 0. The molecule has 42 heavy (non-hydrogen) atoms. The standard InChI is InChI=1S/C27H25BF14/c1-5-11-21(4,28-15(3)17-9-7-16(6-2)8-10-17)18-12-19(22(29,24(31,32)33)25(34,35)36)14-20(13-18)23(30,26(37,38)39)27(40,41)42/h6-10,12-15,28H,2,5,11H2,1,3-4H3. The molecule has 0 N–H and O–H groups in total. The Balaban J connectivity index is 3.00. The molecule has 0 aliphatic carbocycles. The summed E-state index contributed by atoms with van der Waals surface area (Å²) in [7, 11) is -0.244. The number of halogens is 14. The van der Waals surface area contributed by atoms with Crippen LogP contribution in [0.15, 0.2) is 49.0 Å². The van der Waals surface area contributed by atoms with E-state index < -0.39 is 69.9 Å². The molecule has 0 heterocycles. The number of rotatable bonds is 9. The van der Waals surface area contributed by atoms with Crippen LogP contribution in [0.25, 0.3) is 6.08 Å². The Morgan fingerprint density at radius 3 is 1.33 bits per heavy atom. The van der Waals surface area contributed by atoms with Crippen LogP contribution in [0.1, 0.15) is 67.2 Å². The van der Waals surface area contributed by atoms with Crippen LogP contribution in [0.4, 0.5) is 61.5 Å². The molecule has 2 aromatic carbocycles. The van der Waals surface area contributed by atoms with Crippen molar-refractivity contribution in [1.29, 1.82) is 0 Å². The normalized spacial score (nSPS) is 16.1. The fourth-order valence-electron chi connectivity index (χ4n) is 5.02. The summed E-state index contributed by atoms with van der Waals surface area (Å²) in [5, 5.41) is -1.74. The average molecular weight is 626 g/mol. The SMILES string of the molecule is C=Cc1ccc(C(C)BC(C)(CCC)c2cc(C(F)(C(F)(F)F)C(F)(F)F)cc(C(F)(C(F)(F)F)C(F)(F)F)c2)cc1. The van der Waals surface area contributed by atoms with Crippen molar-refractivity contribution in [2.45, 2.75) is 80.8 Å². The first kappa shape index (κ1) is 35.5. The topological polar surface area (TPSA) is 0 Å². The highest BCUT2D eigenvalue weighted by Gasteiger charge is 2.76. The Labute approximate surface area is 233 Å². The number of alkyl halides is 14. The smallest absolute Gasteiger partial charge is 0.218 e. The van der Waals surface area contributed by atoms with Crippen molar-refractivity contribution < 1.29 is 61.5 Å². The first-order valence-corrected chi connectivity index (χ1v) is 12.3. The van der Waals surface area contributed by atoms with Crippen LogP contribution in [0, 0.1) is 0 Å². The molecule has 0 saturated heterocycles. The number of hydrogen-bond donors (Lipinski definition) is 0. The Morgan fingerprint density at radius 1 is 0.667 bits per heavy atom. The second-order valence-corrected chi connectivity index (χ2v) is 10.4. The van der Waals surface area contributed by atoms with E-state index in [1.165, 1.54) is 19.9 Å². The Hall–Kier alpha value is -2.74. The monoisotopic (exact) mass is 626 g/mol. The quantitative estimate of drug-likeness (QED) is 0.192. The van der Waals surface area contributed by atoms with Gasteiger partial charge in [0.05, 0.1) is 0 Å². The molecule has 0 saturated carbocycles. The summed E-state index contributed by atoms with van der Waals surface area (Å²) in [6.45, 7) is 7.79. The Bertz CT molecular complexity index is 1150. The largest absolute Gasteiger partial charge is 0.435 e. The lowest BCUT2D eigenvalue weighted by Gasteiger charge is -2.37. The molecule has 0 radical (unpaired) electrons. The lowest BCUT2D eigenvalue weighted by molar-refractivity contribution is -0.350. The van der Waals surface area contributed by atoms with Gasteiger partial charge in [0.15, 0.2) is 0 Å². The molecule has 15 heteroatoms. The lowest BCUT2D eigenvalue weighted by atomic mass is 9.42. The van der Waals surface area contributed by atoms with Gasteiger partial charge in [-0.15, -0.1) is 0 Å². The minimum Gasteiger partial charge on any atom is -0.218 e. The second-order valence-electron chi connectivity index (χ2n) is 10.4. The van der Waals surface area contributed by atoms with Crippen LogP contribution in [0.5, 0.6) is 0 Å². The first-order valence-electron chi connectivity index (χ1n) is 12.3. The van der Waals surface area contributed by atoms with Crippen molar-refractivity contribution in [2.24, 2.45) is 0 Å². The maximum Gasteiger partial charge on any atom is 0.435 e. The molecule has 0 amide bonds. The van der Waals surface area contributed by atoms with Crippen LogP contribution in [-0.4, -0.2) is 32.0 Å². The molecule has 0 aromatic heterocycles. The van der Waals surface area contributed by atoms with Gasteiger partial charge in [0.1, 0.15) is 7.28 Å². The van der Waals surface area contributed by atoms with Crippen molar-refractivity contribution in [1.82, 2.24) is 0 Å². The molecule has 0 nitrogen and oxygen atoms in total. The van der Waals surface area contributed by atoms with E-state index in [-0.39, 0.29) is 32.3 Å². The first-order chi connectivity index (χ1) is 18.8. The van der Waals surface area contributed by atoms with Crippen LogP contribution < -0.4 is 0 Å². The van der Waals surface area contributed by atoms with E-state index in [4.69, 9.17) is 0 Å². The zero-order chi connectivity index (χ0) is 32.7. The predicted molar refractivity (Wildman–Crippen MR) is 131 cm³/mol. The van der Waals surface area contributed by atoms with Crippen molar-refractivity contribution in [3.63, 3.8) is 0 Å². The summed E-state index contributed by atoms with van der Waals surface area (Å²) in [5.74, 6) is -0.617.